The Hall–Kier alpha value is -1.35. The summed E-state index contributed by atoms with van der Waals surface area (Å²) in [6, 6.07) is 5.95. The maximum atomic E-state index is 11.8. The molecule has 100 valence electrons. The minimum atomic E-state index is 0.0129. The van der Waals surface area contributed by atoms with E-state index in [-0.39, 0.29) is 11.4 Å². The van der Waals surface area contributed by atoms with Gasteiger partial charge in [-0.15, -0.1) is 0 Å². The zero-order valence-corrected chi connectivity index (χ0v) is 11.2. The van der Waals surface area contributed by atoms with Crippen LogP contribution < -0.4 is 4.74 Å². The SMILES string of the molecule is O=C1CCc2c(O[C@@]34CCCN(CC3)C4)cccc21. The maximum Gasteiger partial charge on any atom is 0.163 e. The molecular weight excluding hydrogens is 238 g/mol. The van der Waals surface area contributed by atoms with Gasteiger partial charge in [0, 0.05) is 37.1 Å². The summed E-state index contributed by atoms with van der Waals surface area (Å²) in [6.45, 7) is 3.44. The van der Waals surface area contributed by atoms with Crippen LogP contribution in [-0.4, -0.2) is 35.9 Å². The molecule has 1 unspecified atom stereocenters. The minimum Gasteiger partial charge on any atom is -0.486 e. The predicted octanol–water partition coefficient (Wildman–Crippen LogP) is 2.43. The number of hydrogen-bond donors (Lipinski definition) is 0. The van der Waals surface area contributed by atoms with Crippen molar-refractivity contribution in [3.8, 4) is 5.75 Å². The fourth-order valence-electron chi connectivity index (χ4n) is 3.87. The van der Waals surface area contributed by atoms with Crippen LogP contribution in [0, 0.1) is 0 Å². The molecule has 3 aliphatic rings. The molecule has 0 amide bonds. The van der Waals surface area contributed by atoms with Crippen molar-refractivity contribution in [1.82, 2.24) is 4.90 Å². The molecule has 1 aliphatic carbocycles. The van der Waals surface area contributed by atoms with Crippen molar-refractivity contribution >= 4 is 5.78 Å². The van der Waals surface area contributed by atoms with Crippen molar-refractivity contribution in [2.75, 3.05) is 19.6 Å². The van der Waals surface area contributed by atoms with Crippen LogP contribution in [-0.2, 0) is 6.42 Å². The van der Waals surface area contributed by atoms with Gasteiger partial charge in [0.2, 0.25) is 0 Å². The molecule has 0 spiro atoms. The molecule has 2 heterocycles. The Balaban J connectivity index is 1.66. The zero-order valence-electron chi connectivity index (χ0n) is 11.2. The molecule has 0 N–H and O–H groups in total. The van der Waals surface area contributed by atoms with E-state index >= 15 is 0 Å². The van der Waals surface area contributed by atoms with E-state index in [0.717, 1.165) is 49.2 Å². The van der Waals surface area contributed by atoms with Gasteiger partial charge in [-0.3, -0.25) is 9.69 Å². The highest BCUT2D eigenvalue weighted by Gasteiger charge is 2.43. The number of carbonyl (C=O) groups excluding carboxylic acids is 1. The Morgan fingerprint density at radius 2 is 2.11 bits per heavy atom. The van der Waals surface area contributed by atoms with Crippen molar-refractivity contribution < 1.29 is 9.53 Å². The van der Waals surface area contributed by atoms with Crippen LogP contribution in [0.2, 0.25) is 0 Å². The number of rotatable bonds is 2. The summed E-state index contributed by atoms with van der Waals surface area (Å²) in [7, 11) is 0. The number of fused-ring (bicyclic) bond motifs is 3. The molecule has 0 radical (unpaired) electrons. The van der Waals surface area contributed by atoms with Gasteiger partial charge in [0.05, 0.1) is 0 Å². The maximum absolute atomic E-state index is 11.8. The van der Waals surface area contributed by atoms with Crippen molar-refractivity contribution in [3.05, 3.63) is 29.3 Å². The normalized spacial score (nSPS) is 32.4. The van der Waals surface area contributed by atoms with Gasteiger partial charge in [0.25, 0.3) is 0 Å². The largest absolute Gasteiger partial charge is 0.486 e. The Bertz CT molecular complexity index is 536. The van der Waals surface area contributed by atoms with E-state index in [1.165, 1.54) is 13.0 Å². The van der Waals surface area contributed by atoms with Crippen molar-refractivity contribution in [1.29, 1.82) is 0 Å². The van der Waals surface area contributed by atoms with Crippen molar-refractivity contribution in [2.45, 2.75) is 37.7 Å². The van der Waals surface area contributed by atoms with Crippen LogP contribution in [0.4, 0.5) is 0 Å². The average Bonchev–Trinajstić information content (AvgIpc) is 2.93. The summed E-state index contributed by atoms with van der Waals surface area (Å²) < 4.78 is 6.43. The molecule has 3 nitrogen and oxygen atoms in total. The second-order valence-corrected chi connectivity index (χ2v) is 6.12. The topological polar surface area (TPSA) is 29.5 Å². The Kier molecular flexibility index (Phi) is 2.46. The van der Waals surface area contributed by atoms with E-state index in [4.69, 9.17) is 4.74 Å². The van der Waals surface area contributed by atoms with Gasteiger partial charge >= 0.3 is 0 Å². The van der Waals surface area contributed by atoms with E-state index in [1.807, 2.05) is 18.2 Å². The average molecular weight is 257 g/mol. The second kappa shape index (κ2) is 4.07. The Morgan fingerprint density at radius 3 is 3.05 bits per heavy atom. The molecule has 1 aromatic rings. The van der Waals surface area contributed by atoms with Crippen LogP contribution in [0.3, 0.4) is 0 Å². The van der Waals surface area contributed by atoms with E-state index in [0.29, 0.717) is 6.42 Å². The lowest BCUT2D eigenvalue weighted by molar-refractivity contribution is 0.0444. The summed E-state index contributed by atoms with van der Waals surface area (Å²) >= 11 is 0. The number of nitrogens with zero attached hydrogens (tertiary/aromatic N) is 1. The van der Waals surface area contributed by atoms with Crippen LogP contribution in [0.5, 0.6) is 5.75 Å². The summed E-state index contributed by atoms with van der Waals surface area (Å²) in [4.78, 5) is 14.3. The van der Waals surface area contributed by atoms with Crippen molar-refractivity contribution in [3.63, 3.8) is 0 Å². The quantitative estimate of drug-likeness (QED) is 0.815. The molecule has 2 bridgehead atoms. The minimum absolute atomic E-state index is 0.0129. The molecule has 19 heavy (non-hydrogen) atoms. The highest BCUT2D eigenvalue weighted by Crippen LogP contribution is 2.39. The summed E-state index contributed by atoms with van der Waals surface area (Å²) in [5.74, 6) is 1.24. The first-order valence-corrected chi connectivity index (χ1v) is 7.32. The third kappa shape index (κ3) is 1.79. The highest BCUT2D eigenvalue weighted by molar-refractivity contribution is 6.01. The van der Waals surface area contributed by atoms with Crippen LogP contribution in [0.25, 0.3) is 0 Å². The first kappa shape index (κ1) is 11.5. The summed E-state index contributed by atoms with van der Waals surface area (Å²) in [5, 5.41) is 0. The van der Waals surface area contributed by atoms with Gasteiger partial charge in [0.1, 0.15) is 11.4 Å². The van der Waals surface area contributed by atoms with Crippen LogP contribution >= 0.6 is 0 Å². The highest BCUT2D eigenvalue weighted by atomic mass is 16.5. The smallest absolute Gasteiger partial charge is 0.163 e. The lowest BCUT2D eigenvalue weighted by atomic mass is 9.94. The molecule has 1 aromatic carbocycles. The molecule has 3 heteroatoms. The number of Topliss-reactive ketones (excluding diaryl/α,β-unsaturated/α-hetero) is 1. The van der Waals surface area contributed by atoms with Gasteiger partial charge in [-0.1, -0.05) is 12.1 Å². The molecule has 0 saturated carbocycles. The lowest BCUT2D eigenvalue weighted by Crippen LogP contribution is -2.43. The van der Waals surface area contributed by atoms with Gasteiger partial charge in [-0.2, -0.15) is 0 Å². The number of piperidine rings is 1. The third-order valence-electron chi connectivity index (χ3n) is 4.86. The van der Waals surface area contributed by atoms with Gasteiger partial charge in [-0.05, 0) is 31.9 Å². The van der Waals surface area contributed by atoms with Crippen molar-refractivity contribution in [2.24, 2.45) is 0 Å². The molecule has 2 aliphatic heterocycles. The fourth-order valence-corrected chi connectivity index (χ4v) is 3.87. The predicted molar refractivity (Wildman–Crippen MR) is 72.7 cm³/mol. The number of carbonyl (C=O) groups is 1. The summed E-state index contributed by atoms with van der Waals surface area (Å²) in [5.41, 5.74) is 2.05. The molecule has 4 rings (SSSR count). The van der Waals surface area contributed by atoms with E-state index in [2.05, 4.69) is 4.90 Å². The lowest BCUT2D eigenvalue weighted by Gasteiger charge is -2.35. The first-order valence-electron chi connectivity index (χ1n) is 7.32. The van der Waals surface area contributed by atoms with Gasteiger partial charge in [-0.25, -0.2) is 0 Å². The van der Waals surface area contributed by atoms with Crippen LogP contribution in [0.1, 0.15) is 41.6 Å². The monoisotopic (exact) mass is 257 g/mol. The van der Waals surface area contributed by atoms with E-state index in [1.54, 1.807) is 0 Å². The summed E-state index contributed by atoms with van der Waals surface area (Å²) in [6.07, 6.45) is 5.01. The Morgan fingerprint density at radius 1 is 1.16 bits per heavy atom. The standard InChI is InChI=1S/C16H19NO2/c18-14-6-5-13-12(14)3-1-4-15(13)19-16-7-2-9-17(11-16)10-8-16/h1,3-4H,2,5-11H2/t16-/m0/s1. The number of ether oxygens (including phenoxy) is 1. The molecule has 2 atom stereocenters. The third-order valence-corrected chi connectivity index (χ3v) is 4.86. The molecule has 2 fully saturated rings. The molecule has 0 aromatic heterocycles. The number of hydrogen-bond acceptors (Lipinski definition) is 3. The number of ketones is 1. The van der Waals surface area contributed by atoms with E-state index < -0.39 is 0 Å². The Labute approximate surface area is 113 Å². The fraction of sp³-hybridized carbons (Fsp3) is 0.562. The zero-order chi connectivity index (χ0) is 12.9. The molecular formula is C16H19NO2. The first-order chi connectivity index (χ1) is 9.26. The van der Waals surface area contributed by atoms with Crippen LogP contribution in [0.15, 0.2) is 18.2 Å². The molecule has 2 saturated heterocycles. The number of benzene rings is 1. The van der Waals surface area contributed by atoms with Gasteiger partial charge in [0.15, 0.2) is 5.78 Å². The van der Waals surface area contributed by atoms with E-state index in [9.17, 15) is 4.79 Å². The van der Waals surface area contributed by atoms with Gasteiger partial charge < -0.3 is 4.74 Å². The second-order valence-electron chi connectivity index (χ2n) is 6.12.